The van der Waals surface area contributed by atoms with Crippen molar-refractivity contribution in [2.24, 2.45) is 5.73 Å². The molecule has 1 rings (SSSR count). The summed E-state index contributed by atoms with van der Waals surface area (Å²) in [6, 6.07) is 2.71. The number of hydrogen-bond donors (Lipinski definition) is 3. The zero-order chi connectivity index (χ0) is 13.0. The van der Waals surface area contributed by atoms with Crippen molar-refractivity contribution >= 4 is 0 Å². The maximum atomic E-state index is 12.9. The second-order valence-corrected chi connectivity index (χ2v) is 3.31. The minimum absolute atomic E-state index is 0.148. The van der Waals surface area contributed by atoms with Gasteiger partial charge in [-0.05, 0) is 12.1 Å². The Kier molecular flexibility index (Phi) is 4.73. The summed E-state index contributed by atoms with van der Waals surface area (Å²) >= 11 is 0. The number of nitrogens with two attached hydrogens (primary N) is 1. The molecule has 0 amide bonds. The van der Waals surface area contributed by atoms with Gasteiger partial charge in [0.05, 0.1) is 6.10 Å². The number of alkyl halides is 2. The number of hydrogen-bond acceptors (Lipinski definition) is 4. The van der Waals surface area contributed by atoms with Gasteiger partial charge in [0, 0.05) is 18.2 Å². The van der Waals surface area contributed by atoms with Gasteiger partial charge in [-0.3, -0.25) is 0 Å². The molecule has 7 heteroatoms. The summed E-state index contributed by atoms with van der Waals surface area (Å²) in [5.74, 6) is -1.32. The van der Waals surface area contributed by atoms with E-state index in [0.29, 0.717) is 6.07 Å². The van der Waals surface area contributed by atoms with E-state index in [2.05, 4.69) is 4.74 Å². The maximum absolute atomic E-state index is 12.9. The Labute approximate surface area is 95.4 Å². The topological polar surface area (TPSA) is 75.7 Å². The molecule has 2 unspecified atom stereocenters. The van der Waals surface area contributed by atoms with Crippen molar-refractivity contribution in [2.75, 3.05) is 6.54 Å². The van der Waals surface area contributed by atoms with Crippen LogP contribution in [0.2, 0.25) is 0 Å². The van der Waals surface area contributed by atoms with Gasteiger partial charge in [-0.1, -0.05) is 0 Å². The highest BCUT2D eigenvalue weighted by Gasteiger charge is 2.22. The van der Waals surface area contributed by atoms with Crippen molar-refractivity contribution in [2.45, 2.75) is 18.8 Å². The Morgan fingerprint density at radius 3 is 2.47 bits per heavy atom. The van der Waals surface area contributed by atoms with Crippen LogP contribution in [-0.2, 0) is 0 Å². The molecule has 0 radical (unpaired) electrons. The van der Waals surface area contributed by atoms with E-state index in [4.69, 9.17) is 5.73 Å². The van der Waals surface area contributed by atoms with E-state index < -0.39 is 30.4 Å². The number of benzene rings is 1. The summed E-state index contributed by atoms with van der Waals surface area (Å²) in [5.41, 5.74) is 4.97. The Morgan fingerprint density at radius 1 is 1.29 bits per heavy atom. The SMILES string of the molecule is NCC(O)C(O)c1ccc(F)cc1OC(F)F. The lowest BCUT2D eigenvalue weighted by molar-refractivity contribution is -0.0537. The van der Waals surface area contributed by atoms with Crippen molar-refractivity contribution in [3.8, 4) is 5.75 Å². The maximum Gasteiger partial charge on any atom is 0.387 e. The smallest absolute Gasteiger partial charge is 0.387 e. The van der Waals surface area contributed by atoms with E-state index in [-0.39, 0.29) is 12.1 Å². The molecule has 96 valence electrons. The number of rotatable bonds is 5. The van der Waals surface area contributed by atoms with Gasteiger partial charge in [0.25, 0.3) is 0 Å². The summed E-state index contributed by atoms with van der Waals surface area (Å²) in [5, 5.41) is 18.9. The summed E-state index contributed by atoms with van der Waals surface area (Å²) in [6.45, 7) is -3.43. The Morgan fingerprint density at radius 2 is 1.94 bits per heavy atom. The molecule has 2 atom stereocenters. The van der Waals surface area contributed by atoms with Gasteiger partial charge in [0.15, 0.2) is 0 Å². The Balaban J connectivity index is 3.04. The molecular formula is C10H12F3NO3. The van der Waals surface area contributed by atoms with Gasteiger partial charge in [-0.25, -0.2) is 4.39 Å². The van der Waals surface area contributed by atoms with E-state index in [1.807, 2.05) is 0 Å². The zero-order valence-electron chi connectivity index (χ0n) is 8.69. The van der Waals surface area contributed by atoms with Crippen LogP contribution in [0.15, 0.2) is 18.2 Å². The predicted molar refractivity (Wildman–Crippen MR) is 53.1 cm³/mol. The quantitative estimate of drug-likeness (QED) is 0.722. The van der Waals surface area contributed by atoms with Crippen LogP contribution in [0, 0.1) is 5.82 Å². The van der Waals surface area contributed by atoms with Crippen molar-refractivity contribution in [3.63, 3.8) is 0 Å². The highest BCUT2D eigenvalue weighted by molar-refractivity contribution is 5.36. The fourth-order valence-corrected chi connectivity index (χ4v) is 1.29. The van der Waals surface area contributed by atoms with Crippen LogP contribution in [0.5, 0.6) is 5.75 Å². The second kappa shape index (κ2) is 5.85. The van der Waals surface area contributed by atoms with Crippen LogP contribution in [0.3, 0.4) is 0 Å². The number of halogens is 3. The van der Waals surface area contributed by atoms with Crippen LogP contribution in [0.4, 0.5) is 13.2 Å². The molecule has 0 fully saturated rings. The zero-order valence-corrected chi connectivity index (χ0v) is 8.69. The second-order valence-electron chi connectivity index (χ2n) is 3.31. The lowest BCUT2D eigenvalue weighted by Gasteiger charge is -2.19. The molecule has 1 aromatic rings. The Hall–Kier alpha value is -1.31. The molecule has 1 aromatic carbocycles. The normalized spacial score (nSPS) is 14.8. The van der Waals surface area contributed by atoms with Crippen molar-refractivity contribution in [3.05, 3.63) is 29.6 Å². The molecule has 17 heavy (non-hydrogen) atoms. The van der Waals surface area contributed by atoms with E-state index >= 15 is 0 Å². The lowest BCUT2D eigenvalue weighted by atomic mass is 10.0. The average molecular weight is 251 g/mol. The summed E-state index contributed by atoms with van der Waals surface area (Å²) < 4.78 is 41.0. The minimum Gasteiger partial charge on any atom is -0.434 e. The standard InChI is InChI=1S/C10H12F3NO3/c11-5-1-2-6(9(16)7(15)4-14)8(3-5)17-10(12)13/h1-3,7,9-10,15-16H,4,14H2. The van der Waals surface area contributed by atoms with Crippen LogP contribution in [0.25, 0.3) is 0 Å². The first-order valence-electron chi connectivity index (χ1n) is 4.76. The third kappa shape index (κ3) is 3.58. The average Bonchev–Trinajstić information content (AvgIpc) is 2.26. The summed E-state index contributed by atoms with van der Waals surface area (Å²) in [6.07, 6.45) is -2.87. The Bertz CT molecular complexity index is 376. The highest BCUT2D eigenvalue weighted by atomic mass is 19.3. The lowest BCUT2D eigenvalue weighted by Crippen LogP contribution is -2.27. The molecule has 0 bridgehead atoms. The largest absolute Gasteiger partial charge is 0.434 e. The molecule has 4 N–H and O–H groups in total. The first-order valence-corrected chi connectivity index (χ1v) is 4.76. The van der Waals surface area contributed by atoms with Crippen molar-refractivity contribution in [1.82, 2.24) is 0 Å². The molecular weight excluding hydrogens is 239 g/mol. The first kappa shape index (κ1) is 13.8. The molecule has 0 aliphatic heterocycles. The summed E-state index contributed by atoms with van der Waals surface area (Å²) in [4.78, 5) is 0. The predicted octanol–water partition coefficient (Wildman–Crippen LogP) is 0.780. The monoisotopic (exact) mass is 251 g/mol. The minimum atomic E-state index is -3.15. The van der Waals surface area contributed by atoms with Crippen molar-refractivity contribution in [1.29, 1.82) is 0 Å². The number of aliphatic hydroxyl groups excluding tert-OH is 2. The third-order valence-corrected chi connectivity index (χ3v) is 2.12. The third-order valence-electron chi connectivity index (χ3n) is 2.12. The molecule has 4 nitrogen and oxygen atoms in total. The van der Waals surface area contributed by atoms with Gasteiger partial charge in [-0.2, -0.15) is 8.78 Å². The molecule has 0 aromatic heterocycles. The number of ether oxygens (including phenoxy) is 1. The molecule has 0 saturated heterocycles. The van der Waals surface area contributed by atoms with Gasteiger partial charge in [0.1, 0.15) is 17.7 Å². The van der Waals surface area contributed by atoms with Crippen molar-refractivity contribution < 1.29 is 28.1 Å². The number of aliphatic hydroxyl groups is 2. The highest BCUT2D eigenvalue weighted by Crippen LogP contribution is 2.29. The van der Waals surface area contributed by atoms with E-state index in [9.17, 15) is 23.4 Å². The van der Waals surface area contributed by atoms with Gasteiger partial charge >= 0.3 is 6.61 Å². The summed E-state index contributed by atoms with van der Waals surface area (Å²) in [7, 11) is 0. The van der Waals surface area contributed by atoms with Crippen LogP contribution in [-0.4, -0.2) is 29.5 Å². The molecule has 0 aliphatic carbocycles. The molecule has 0 heterocycles. The fourth-order valence-electron chi connectivity index (χ4n) is 1.29. The van der Waals surface area contributed by atoms with E-state index in [1.54, 1.807) is 0 Å². The molecule has 0 saturated carbocycles. The van der Waals surface area contributed by atoms with Crippen LogP contribution >= 0.6 is 0 Å². The van der Waals surface area contributed by atoms with Gasteiger partial charge < -0.3 is 20.7 Å². The fraction of sp³-hybridized carbons (Fsp3) is 0.400. The van der Waals surface area contributed by atoms with E-state index in [1.165, 1.54) is 0 Å². The van der Waals surface area contributed by atoms with E-state index in [0.717, 1.165) is 12.1 Å². The van der Waals surface area contributed by atoms with Crippen LogP contribution < -0.4 is 10.5 Å². The van der Waals surface area contributed by atoms with Crippen LogP contribution in [0.1, 0.15) is 11.7 Å². The van der Waals surface area contributed by atoms with Gasteiger partial charge in [0.2, 0.25) is 0 Å². The molecule has 0 spiro atoms. The molecule has 0 aliphatic rings. The first-order chi connectivity index (χ1) is 7.95. The van der Waals surface area contributed by atoms with Gasteiger partial charge in [-0.15, -0.1) is 0 Å².